The van der Waals surface area contributed by atoms with Crippen LogP contribution in [0.2, 0.25) is 0 Å². The van der Waals surface area contributed by atoms with Gasteiger partial charge < -0.3 is 19.9 Å². The molecule has 0 radical (unpaired) electrons. The van der Waals surface area contributed by atoms with Gasteiger partial charge in [-0.2, -0.15) is 0 Å². The van der Waals surface area contributed by atoms with Crippen molar-refractivity contribution in [2.75, 3.05) is 0 Å². The van der Waals surface area contributed by atoms with E-state index in [-0.39, 0.29) is 5.82 Å². The van der Waals surface area contributed by atoms with Gasteiger partial charge >= 0.3 is 5.97 Å². The summed E-state index contributed by atoms with van der Waals surface area (Å²) in [6, 6.07) is 13.4. The number of aliphatic carboxylic acids is 1. The zero-order valence-electron chi connectivity index (χ0n) is 13.1. The first-order valence-corrected chi connectivity index (χ1v) is 7.60. The molecular weight excluding hydrogens is 325 g/mol. The monoisotopic (exact) mass is 341 g/mol. The number of fused-ring (bicyclic) bond motifs is 1. The highest BCUT2D eigenvalue weighted by atomic mass is 19.1. The van der Waals surface area contributed by atoms with Crippen LogP contribution in [0.15, 0.2) is 66.6 Å². The Morgan fingerprint density at radius 2 is 1.80 bits per heavy atom. The number of aliphatic hydroxyl groups excluding tert-OH is 2. The van der Waals surface area contributed by atoms with Crippen LogP contribution >= 0.6 is 0 Å². The summed E-state index contributed by atoms with van der Waals surface area (Å²) in [7, 11) is 0. The maximum atomic E-state index is 13.1. The van der Waals surface area contributed by atoms with E-state index in [1.54, 1.807) is 24.4 Å². The molecule has 3 rings (SSSR count). The Labute approximate surface area is 142 Å². The Morgan fingerprint density at radius 3 is 2.48 bits per heavy atom. The number of nitrogens with zero attached hydrogens (tertiary/aromatic N) is 1. The van der Waals surface area contributed by atoms with Crippen LogP contribution in [0.4, 0.5) is 4.39 Å². The number of para-hydroxylation sites is 1. The molecule has 1 aromatic heterocycles. The van der Waals surface area contributed by atoms with Crippen molar-refractivity contribution in [3.63, 3.8) is 0 Å². The maximum absolute atomic E-state index is 13.1. The van der Waals surface area contributed by atoms with Gasteiger partial charge in [-0.25, -0.2) is 9.18 Å². The highest BCUT2D eigenvalue weighted by Gasteiger charge is 2.16. The van der Waals surface area contributed by atoms with Gasteiger partial charge in [0.1, 0.15) is 11.9 Å². The number of hydrogen-bond donors (Lipinski definition) is 3. The van der Waals surface area contributed by atoms with Crippen molar-refractivity contribution in [3.05, 3.63) is 83.5 Å². The fraction of sp³-hybridized carbons (Fsp3) is 0.105. The second kappa shape index (κ2) is 6.78. The highest BCUT2D eigenvalue weighted by molar-refractivity contribution is 5.86. The maximum Gasteiger partial charge on any atom is 0.370 e. The van der Waals surface area contributed by atoms with Gasteiger partial charge in [0, 0.05) is 29.2 Å². The fourth-order valence-electron chi connectivity index (χ4n) is 2.74. The molecule has 2 aromatic carbocycles. The van der Waals surface area contributed by atoms with Gasteiger partial charge in [-0.1, -0.05) is 30.3 Å². The molecule has 3 N–H and O–H groups in total. The number of halogens is 1. The molecule has 25 heavy (non-hydrogen) atoms. The van der Waals surface area contributed by atoms with Crippen molar-refractivity contribution < 1.29 is 24.5 Å². The normalized spacial score (nSPS) is 13.1. The summed E-state index contributed by atoms with van der Waals surface area (Å²) in [4.78, 5) is 10.7. The molecule has 1 atom stereocenters. The van der Waals surface area contributed by atoms with Gasteiger partial charge in [0.05, 0.1) is 0 Å². The van der Waals surface area contributed by atoms with Gasteiger partial charge in [-0.15, -0.1) is 0 Å². The molecule has 0 spiro atoms. The van der Waals surface area contributed by atoms with Gasteiger partial charge in [0.2, 0.25) is 5.76 Å². The lowest BCUT2D eigenvalue weighted by molar-refractivity contribution is -0.135. The minimum atomic E-state index is -1.51. The van der Waals surface area contributed by atoms with Crippen molar-refractivity contribution in [1.29, 1.82) is 0 Å². The summed E-state index contributed by atoms with van der Waals surface area (Å²) in [6.07, 6.45) is 1.31. The highest BCUT2D eigenvalue weighted by Crippen LogP contribution is 2.28. The molecule has 6 heteroatoms. The van der Waals surface area contributed by atoms with Crippen molar-refractivity contribution in [2.24, 2.45) is 0 Å². The lowest BCUT2D eigenvalue weighted by atomic mass is 10.1. The molecule has 0 aliphatic rings. The standard InChI is InChI=1S/C19H16FNO4/c20-13-7-5-12(6-8-13)10-21-11-15(14-3-1-2-4-16(14)21)17(22)9-18(23)19(24)25/h1-9,11,17,22-23H,10H2,(H,24,25)/b18-9-. The molecule has 5 nitrogen and oxygen atoms in total. The lowest BCUT2D eigenvalue weighted by Crippen LogP contribution is -2.03. The van der Waals surface area contributed by atoms with Crippen LogP contribution < -0.4 is 0 Å². The quantitative estimate of drug-likeness (QED) is 0.491. The second-order valence-electron chi connectivity index (χ2n) is 5.66. The number of aliphatic hydroxyl groups is 2. The summed E-state index contributed by atoms with van der Waals surface area (Å²) in [5.74, 6) is -2.73. The van der Waals surface area contributed by atoms with E-state index in [1.807, 2.05) is 22.8 Å². The Kier molecular flexibility index (Phi) is 4.54. The number of aromatic nitrogens is 1. The van der Waals surface area contributed by atoms with Crippen molar-refractivity contribution >= 4 is 16.9 Å². The van der Waals surface area contributed by atoms with E-state index in [4.69, 9.17) is 5.11 Å². The molecule has 3 aromatic rings. The van der Waals surface area contributed by atoms with Crippen molar-refractivity contribution in [1.82, 2.24) is 4.57 Å². The van der Waals surface area contributed by atoms with Gasteiger partial charge in [0.25, 0.3) is 0 Å². The zero-order chi connectivity index (χ0) is 18.0. The third kappa shape index (κ3) is 3.54. The lowest BCUT2D eigenvalue weighted by Gasteiger charge is -2.05. The Hall–Kier alpha value is -3.12. The summed E-state index contributed by atoms with van der Waals surface area (Å²) in [5, 5.41) is 29.1. The fourth-order valence-corrected chi connectivity index (χ4v) is 2.74. The molecule has 0 bridgehead atoms. The third-order valence-electron chi connectivity index (χ3n) is 3.94. The van der Waals surface area contributed by atoms with Crippen LogP contribution in [0.1, 0.15) is 17.2 Å². The number of carboxylic acid groups (broad SMARTS) is 1. The number of hydrogen-bond acceptors (Lipinski definition) is 3. The topological polar surface area (TPSA) is 82.7 Å². The SMILES string of the molecule is O=C(O)/C(O)=C/C(O)c1cn(Cc2ccc(F)cc2)c2ccccc12. The van der Waals surface area contributed by atoms with E-state index in [9.17, 15) is 19.4 Å². The van der Waals surface area contributed by atoms with E-state index in [0.29, 0.717) is 12.1 Å². The average molecular weight is 341 g/mol. The smallest absolute Gasteiger partial charge is 0.370 e. The molecule has 0 saturated carbocycles. The number of benzene rings is 2. The third-order valence-corrected chi connectivity index (χ3v) is 3.94. The van der Waals surface area contributed by atoms with E-state index >= 15 is 0 Å². The molecule has 1 heterocycles. The number of rotatable bonds is 5. The molecule has 0 aliphatic heterocycles. The summed E-state index contributed by atoms with van der Waals surface area (Å²) < 4.78 is 14.9. The first-order valence-electron chi connectivity index (χ1n) is 7.60. The summed E-state index contributed by atoms with van der Waals surface area (Å²) in [6.45, 7) is 0.460. The van der Waals surface area contributed by atoms with Gasteiger partial charge in [0.15, 0.2) is 0 Å². The van der Waals surface area contributed by atoms with Crippen molar-refractivity contribution in [2.45, 2.75) is 12.6 Å². The van der Waals surface area contributed by atoms with Crippen LogP contribution in [0.25, 0.3) is 10.9 Å². The Balaban J connectivity index is 2.02. The van der Waals surface area contributed by atoms with Crippen molar-refractivity contribution in [3.8, 4) is 0 Å². The predicted octanol–water partition coefficient (Wildman–Crippen LogP) is 3.39. The average Bonchev–Trinajstić information content (AvgIpc) is 2.96. The molecule has 0 amide bonds. The molecular formula is C19H16FNO4. The Morgan fingerprint density at radius 1 is 1.12 bits per heavy atom. The molecule has 0 aliphatic carbocycles. The Bertz CT molecular complexity index is 944. The van der Waals surface area contributed by atoms with E-state index in [1.165, 1.54) is 12.1 Å². The number of carboxylic acids is 1. The molecule has 128 valence electrons. The van der Waals surface area contributed by atoms with Crippen LogP contribution in [0, 0.1) is 5.82 Å². The molecule has 0 fully saturated rings. The largest absolute Gasteiger partial charge is 0.502 e. The minimum absolute atomic E-state index is 0.313. The summed E-state index contributed by atoms with van der Waals surface area (Å²) >= 11 is 0. The van der Waals surface area contributed by atoms with Gasteiger partial charge in [-0.05, 0) is 29.8 Å². The van der Waals surface area contributed by atoms with E-state index in [0.717, 1.165) is 22.5 Å². The van der Waals surface area contributed by atoms with Crippen LogP contribution in [-0.2, 0) is 11.3 Å². The molecule has 0 saturated heterocycles. The predicted molar refractivity (Wildman–Crippen MR) is 90.7 cm³/mol. The van der Waals surface area contributed by atoms with Crippen LogP contribution in [0.3, 0.4) is 0 Å². The first kappa shape index (κ1) is 16.7. The minimum Gasteiger partial charge on any atom is -0.502 e. The van der Waals surface area contributed by atoms with Crippen LogP contribution in [-0.4, -0.2) is 25.9 Å². The van der Waals surface area contributed by atoms with Gasteiger partial charge in [-0.3, -0.25) is 0 Å². The number of carbonyl (C=O) groups is 1. The zero-order valence-corrected chi connectivity index (χ0v) is 13.1. The van der Waals surface area contributed by atoms with E-state index in [2.05, 4.69) is 0 Å². The second-order valence-corrected chi connectivity index (χ2v) is 5.66. The molecule has 1 unspecified atom stereocenters. The summed E-state index contributed by atoms with van der Waals surface area (Å²) in [5.41, 5.74) is 2.20. The van der Waals surface area contributed by atoms with Crippen LogP contribution in [0.5, 0.6) is 0 Å². The first-order chi connectivity index (χ1) is 12.0. The van der Waals surface area contributed by atoms with E-state index < -0.39 is 17.8 Å².